The van der Waals surface area contributed by atoms with Gasteiger partial charge in [-0.15, -0.1) is 0 Å². The van der Waals surface area contributed by atoms with Crippen molar-refractivity contribution in [2.24, 2.45) is 0 Å². The van der Waals surface area contributed by atoms with Crippen LogP contribution in [0.3, 0.4) is 0 Å². The number of anilines is 1. The van der Waals surface area contributed by atoms with Gasteiger partial charge in [0.05, 0.1) is 12.2 Å². The molecular formula is C17H14N2O3. The van der Waals surface area contributed by atoms with E-state index < -0.39 is 17.7 Å². The summed E-state index contributed by atoms with van der Waals surface area (Å²) in [6.07, 6.45) is 0. The van der Waals surface area contributed by atoms with Crippen LogP contribution in [0.4, 0.5) is 10.5 Å². The molecule has 1 saturated heterocycles. The van der Waals surface area contributed by atoms with E-state index in [1.54, 1.807) is 30.3 Å². The predicted octanol–water partition coefficient (Wildman–Crippen LogP) is 2.22. The molecule has 0 aromatic heterocycles. The van der Waals surface area contributed by atoms with Crippen molar-refractivity contribution in [2.75, 3.05) is 11.4 Å². The summed E-state index contributed by atoms with van der Waals surface area (Å²) < 4.78 is 0. The Hall–Kier alpha value is -2.95. The van der Waals surface area contributed by atoms with Gasteiger partial charge in [-0.25, -0.2) is 9.69 Å². The van der Waals surface area contributed by atoms with Gasteiger partial charge in [0.25, 0.3) is 0 Å². The summed E-state index contributed by atoms with van der Waals surface area (Å²) in [4.78, 5) is 38.9. The number of imide groups is 1. The molecule has 1 aliphatic heterocycles. The largest absolute Gasteiger partial charge is 0.332 e. The molecule has 1 heterocycles. The molecule has 0 bridgehead atoms. The highest BCUT2D eigenvalue weighted by molar-refractivity contribution is 6.48. The molecule has 110 valence electrons. The SMILES string of the molecule is O=C1CN(Cc2ccccc2)C(=O)N(c2ccccc2)C1=O. The summed E-state index contributed by atoms with van der Waals surface area (Å²) >= 11 is 0. The highest BCUT2D eigenvalue weighted by atomic mass is 16.2. The number of hydrogen-bond acceptors (Lipinski definition) is 3. The van der Waals surface area contributed by atoms with Crippen LogP contribution < -0.4 is 4.90 Å². The minimum Gasteiger partial charge on any atom is -0.312 e. The summed E-state index contributed by atoms with van der Waals surface area (Å²) in [5.74, 6) is -1.36. The normalized spacial score (nSPS) is 15.4. The van der Waals surface area contributed by atoms with Crippen LogP contribution in [0.1, 0.15) is 5.56 Å². The first-order chi connectivity index (χ1) is 10.7. The molecule has 22 heavy (non-hydrogen) atoms. The van der Waals surface area contributed by atoms with E-state index in [0.717, 1.165) is 10.5 Å². The van der Waals surface area contributed by atoms with E-state index in [0.29, 0.717) is 12.2 Å². The molecule has 3 rings (SSSR count). The van der Waals surface area contributed by atoms with Crippen molar-refractivity contribution in [2.45, 2.75) is 6.54 Å². The second kappa shape index (κ2) is 5.81. The molecule has 0 atom stereocenters. The second-order valence-electron chi connectivity index (χ2n) is 5.02. The topological polar surface area (TPSA) is 57.7 Å². The Bertz CT molecular complexity index is 713. The van der Waals surface area contributed by atoms with Crippen LogP contribution in [0.2, 0.25) is 0 Å². The van der Waals surface area contributed by atoms with Crippen molar-refractivity contribution in [3.63, 3.8) is 0 Å². The Balaban J connectivity index is 1.89. The fraction of sp³-hybridized carbons (Fsp3) is 0.118. The van der Waals surface area contributed by atoms with Crippen LogP contribution in [-0.2, 0) is 16.1 Å². The van der Waals surface area contributed by atoms with E-state index in [2.05, 4.69) is 0 Å². The maximum Gasteiger partial charge on any atom is 0.332 e. The number of rotatable bonds is 3. The first-order valence-corrected chi connectivity index (χ1v) is 6.92. The predicted molar refractivity (Wildman–Crippen MR) is 81.2 cm³/mol. The molecule has 0 N–H and O–H groups in total. The van der Waals surface area contributed by atoms with Crippen molar-refractivity contribution >= 4 is 23.4 Å². The monoisotopic (exact) mass is 294 g/mol. The van der Waals surface area contributed by atoms with Gasteiger partial charge in [0.2, 0.25) is 5.78 Å². The van der Waals surface area contributed by atoms with E-state index in [-0.39, 0.29) is 6.54 Å². The van der Waals surface area contributed by atoms with Crippen LogP contribution in [0.25, 0.3) is 0 Å². The fourth-order valence-corrected chi connectivity index (χ4v) is 2.39. The molecule has 2 aromatic carbocycles. The molecule has 0 radical (unpaired) electrons. The third-order valence-corrected chi connectivity index (χ3v) is 3.47. The van der Waals surface area contributed by atoms with E-state index >= 15 is 0 Å². The Labute approximate surface area is 127 Å². The van der Waals surface area contributed by atoms with Gasteiger partial charge >= 0.3 is 11.9 Å². The lowest BCUT2D eigenvalue weighted by Crippen LogP contribution is -2.57. The van der Waals surface area contributed by atoms with Gasteiger partial charge in [-0.2, -0.15) is 0 Å². The van der Waals surface area contributed by atoms with Crippen LogP contribution in [0, 0.1) is 0 Å². The Morgan fingerprint density at radius 1 is 0.818 bits per heavy atom. The molecule has 5 heteroatoms. The second-order valence-corrected chi connectivity index (χ2v) is 5.02. The number of urea groups is 1. The van der Waals surface area contributed by atoms with Gasteiger partial charge in [0, 0.05) is 6.54 Å². The zero-order valence-electron chi connectivity index (χ0n) is 11.8. The van der Waals surface area contributed by atoms with Crippen LogP contribution in [-0.4, -0.2) is 29.2 Å². The van der Waals surface area contributed by atoms with Gasteiger partial charge < -0.3 is 4.90 Å². The lowest BCUT2D eigenvalue weighted by Gasteiger charge is -2.33. The lowest BCUT2D eigenvalue weighted by molar-refractivity contribution is -0.137. The van der Waals surface area contributed by atoms with Crippen LogP contribution in [0.5, 0.6) is 0 Å². The van der Waals surface area contributed by atoms with E-state index in [9.17, 15) is 14.4 Å². The van der Waals surface area contributed by atoms with Crippen molar-refractivity contribution in [1.29, 1.82) is 0 Å². The highest BCUT2D eigenvalue weighted by Gasteiger charge is 2.38. The number of hydrogen-bond donors (Lipinski definition) is 0. The Kier molecular flexibility index (Phi) is 3.70. The van der Waals surface area contributed by atoms with Gasteiger partial charge in [0.1, 0.15) is 0 Å². The fourth-order valence-electron chi connectivity index (χ4n) is 2.39. The number of carbonyl (C=O) groups is 3. The van der Waals surface area contributed by atoms with Crippen molar-refractivity contribution < 1.29 is 14.4 Å². The quantitative estimate of drug-likeness (QED) is 0.816. The number of amides is 3. The van der Waals surface area contributed by atoms with Crippen LogP contribution >= 0.6 is 0 Å². The molecule has 1 fully saturated rings. The molecule has 0 saturated carbocycles. The zero-order valence-corrected chi connectivity index (χ0v) is 11.8. The van der Waals surface area contributed by atoms with Gasteiger partial charge in [-0.3, -0.25) is 9.59 Å². The van der Waals surface area contributed by atoms with E-state index in [1.165, 1.54) is 4.90 Å². The third kappa shape index (κ3) is 2.61. The number of para-hydroxylation sites is 1. The first kappa shape index (κ1) is 14.0. The van der Waals surface area contributed by atoms with Gasteiger partial charge in [-0.05, 0) is 17.7 Å². The van der Waals surface area contributed by atoms with Crippen molar-refractivity contribution in [3.05, 3.63) is 66.2 Å². The summed E-state index contributed by atoms with van der Waals surface area (Å²) in [6.45, 7) is 0.109. The van der Waals surface area contributed by atoms with Gasteiger partial charge in [-0.1, -0.05) is 48.5 Å². The summed E-state index contributed by atoms with van der Waals surface area (Å²) in [7, 11) is 0. The Morgan fingerprint density at radius 2 is 1.41 bits per heavy atom. The average Bonchev–Trinajstić information content (AvgIpc) is 2.55. The molecule has 5 nitrogen and oxygen atoms in total. The van der Waals surface area contributed by atoms with Gasteiger partial charge in [0.15, 0.2) is 0 Å². The molecule has 1 aliphatic rings. The lowest BCUT2D eigenvalue weighted by atomic mass is 10.1. The van der Waals surface area contributed by atoms with Crippen molar-refractivity contribution in [3.8, 4) is 0 Å². The smallest absolute Gasteiger partial charge is 0.312 e. The highest BCUT2D eigenvalue weighted by Crippen LogP contribution is 2.20. The molecule has 0 aliphatic carbocycles. The summed E-state index contributed by atoms with van der Waals surface area (Å²) in [5, 5.41) is 0. The molecule has 3 amide bonds. The number of nitrogens with zero attached hydrogens (tertiary/aromatic N) is 2. The number of carbonyl (C=O) groups excluding carboxylic acids is 3. The summed E-state index contributed by atoms with van der Waals surface area (Å²) in [6, 6.07) is 17.4. The number of Topliss-reactive ketones (excluding diaryl/α,β-unsaturated/α-hetero) is 1. The van der Waals surface area contributed by atoms with E-state index in [1.807, 2.05) is 30.3 Å². The zero-order chi connectivity index (χ0) is 15.5. The van der Waals surface area contributed by atoms with Crippen molar-refractivity contribution in [1.82, 2.24) is 4.90 Å². The van der Waals surface area contributed by atoms with Crippen LogP contribution in [0.15, 0.2) is 60.7 Å². The molecule has 2 aromatic rings. The first-order valence-electron chi connectivity index (χ1n) is 6.92. The standard InChI is InChI=1S/C17H14N2O3/c20-15-12-18(11-13-7-3-1-4-8-13)17(22)19(16(15)21)14-9-5-2-6-10-14/h1-10H,11-12H2. The molecule has 0 spiro atoms. The number of benzene rings is 2. The number of ketones is 1. The maximum absolute atomic E-state index is 12.6. The average molecular weight is 294 g/mol. The minimum atomic E-state index is -0.777. The summed E-state index contributed by atoms with van der Waals surface area (Å²) in [5.41, 5.74) is 1.31. The minimum absolute atomic E-state index is 0.185. The Morgan fingerprint density at radius 3 is 2.05 bits per heavy atom. The molecule has 0 unspecified atom stereocenters. The van der Waals surface area contributed by atoms with E-state index in [4.69, 9.17) is 0 Å². The maximum atomic E-state index is 12.6. The molecular weight excluding hydrogens is 280 g/mol. The third-order valence-electron chi connectivity index (χ3n) is 3.47.